The zero-order valence-electron chi connectivity index (χ0n) is 9.98. The van der Waals surface area contributed by atoms with Crippen LogP contribution < -0.4 is 5.32 Å². The van der Waals surface area contributed by atoms with E-state index in [-0.39, 0.29) is 0 Å². The van der Waals surface area contributed by atoms with E-state index >= 15 is 0 Å². The van der Waals surface area contributed by atoms with Crippen molar-refractivity contribution in [2.24, 2.45) is 0 Å². The largest absolute Gasteiger partial charge is 0.369 e. The monoisotopic (exact) mass is 264 g/mol. The molecular weight excluding hydrogens is 252 g/mol. The lowest BCUT2D eigenvalue weighted by molar-refractivity contribution is 0.422. The summed E-state index contributed by atoms with van der Waals surface area (Å²) in [6.07, 6.45) is 3.99. The lowest BCUT2D eigenvalue weighted by Crippen LogP contribution is -1.99. The fourth-order valence-corrected chi connectivity index (χ4v) is 1.95. The Kier molecular flexibility index (Phi) is 2.91. The predicted octanol–water partition coefficient (Wildman–Crippen LogP) is 3.09. The van der Waals surface area contributed by atoms with Gasteiger partial charge < -0.3 is 9.84 Å². The van der Waals surface area contributed by atoms with E-state index in [1.54, 1.807) is 12.3 Å². The quantitative estimate of drug-likeness (QED) is 0.919. The summed E-state index contributed by atoms with van der Waals surface area (Å²) in [6.45, 7) is 2.77. The number of nitrogens with one attached hydrogen (secondary N) is 1. The van der Waals surface area contributed by atoms with Crippen LogP contribution in [0, 0.1) is 0 Å². The molecule has 2 aromatic rings. The van der Waals surface area contributed by atoms with E-state index in [1.165, 1.54) is 0 Å². The summed E-state index contributed by atoms with van der Waals surface area (Å²) in [7, 11) is 0. The molecule has 2 heterocycles. The van der Waals surface area contributed by atoms with Crippen LogP contribution in [0.15, 0.2) is 16.8 Å². The Hall–Kier alpha value is -1.62. The van der Waals surface area contributed by atoms with E-state index < -0.39 is 0 Å². The Bertz CT molecular complexity index is 565. The van der Waals surface area contributed by atoms with Crippen molar-refractivity contribution < 1.29 is 4.52 Å². The molecule has 0 bridgehead atoms. The van der Waals surface area contributed by atoms with E-state index in [4.69, 9.17) is 16.1 Å². The van der Waals surface area contributed by atoms with E-state index in [0.29, 0.717) is 22.6 Å². The number of hydrogen-bond donors (Lipinski definition) is 1. The summed E-state index contributed by atoms with van der Waals surface area (Å²) >= 11 is 6.12. The van der Waals surface area contributed by atoms with E-state index in [0.717, 1.165) is 30.8 Å². The number of aromatic nitrogens is 3. The molecule has 0 amide bonds. The molecule has 18 heavy (non-hydrogen) atoms. The molecule has 3 rings (SSSR count). The standard InChI is InChI=1S/C12H13ClN4O/c1-2-14-11-9(13)5-8(6-15-11)12-16-10(17-18-12)7-3-4-7/h5-7H,2-4H2,1H3,(H,14,15). The highest BCUT2D eigenvalue weighted by molar-refractivity contribution is 6.33. The van der Waals surface area contributed by atoms with E-state index in [9.17, 15) is 0 Å². The van der Waals surface area contributed by atoms with Crippen molar-refractivity contribution in [3.05, 3.63) is 23.1 Å². The van der Waals surface area contributed by atoms with Gasteiger partial charge in [-0.2, -0.15) is 4.98 Å². The van der Waals surface area contributed by atoms with Crippen molar-refractivity contribution in [2.75, 3.05) is 11.9 Å². The van der Waals surface area contributed by atoms with Crippen LogP contribution in [0.4, 0.5) is 5.82 Å². The minimum absolute atomic E-state index is 0.479. The zero-order valence-corrected chi connectivity index (χ0v) is 10.7. The van der Waals surface area contributed by atoms with Gasteiger partial charge in [-0.25, -0.2) is 4.98 Å². The highest BCUT2D eigenvalue weighted by Gasteiger charge is 2.29. The third-order valence-corrected chi connectivity index (χ3v) is 3.10. The molecule has 6 heteroatoms. The Balaban J connectivity index is 1.88. The maximum absolute atomic E-state index is 6.12. The Labute approximate surface area is 110 Å². The molecule has 1 fully saturated rings. The number of anilines is 1. The number of halogens is 1. The normalized spacial score (nSPS) is 14.8. The fourth-order valence-electron chi connectivity index (χ4n) is 1.71. The van der Waals surface area contributed by atoms with Gasteiger partial charge in [-0.15, -0.1) is 0 Å². The van der Waals surface area contributed by atoms with Crippen LogP contribution in [0.3, 0.4) is 0 Å². The van der Waals surface area contributed by atoms with Gasteiger partial charge in [-0.05, 0) is 25.8 Å². The predicted molar refractivity (Wildman–Crippen MR) is 68.7 cm³/mol. The SMILES string of the molecule is CCNc1ncc(-c2nc(C3CC3)no2)cc1Cl. The van der Waals surface area contributed by atoms with Crippen LogP contribution >= 0.6 is 11.6 Å². The molecule has 1 aliphatic carbocycles. The molecule has 94 valence electrons. The van der Waals surface area contributed by atoms with Gasteiger partial charge in [0.1, 0.15) is 5.82 Å². The minimum Gasteiger partial charge on any atom is -0.369 e. The summed E-state index contributed by atoms with van der Waals surface area (Å²) in [5.41, 5.74) is 0.751. The average Bonchev–Trinajstić information content (AvgIpc) is 3.10. The van der Waals surface area contributed by atoms with Gasteiger partial charge in [0.2, 0.25) is 0 Å². The lowest BCUT2D eigenvalue weighted by Gasteiger charge is -2.04. The van der Waals surface area contributed by atoms with Gasteiger partial charge in [-0.3, -0.25) is 0 Å². The van der Waals surface area contributed by atoms with Gasteiger partial charge in [0.05, 0.1) is 10.6 Å². The molecular formula is C12H13ClN4O. The minimum atomic E-state index is 0.479. The van der Waals surface area contributed by atoms with Crippen LogP contribution in [0.1, 0.15) is 31.5 Å². The summed E-state index contributed by atoms with van der Waals surface area (Å²) in [4.78, 5) is 8.61. The van der Waals surface area contributed by atoms with Crippen LogP contribution in [-0.2, 0) is 0 Å². The number of rotatable bonds is 4. The van der Waals surface area contributed by atoms with Crippen molar-refractivity contribution in [3.8, 4) is 11.5 Å². The third kappa shape index (κ3) is 2.18. The first-order chi connectivity index (χ1) is 8.78. The first-order valence-electron chi connectivity index (χ1n) is 6.01. The fraction of sp³-hybridized carbons (Fsp3) is 0.417. The molecule has 1 N–H and O–H groups in total. The topological polar surface area (TPSA) is 63.8 Å². The molecule has 0 radical (unpaired) electrons. The van der Waals surface area contributed by atoms with Crippen LogP contribution in [0.2, 0.25) is 5.02 Å². The number of hydrogen-bond acceptors (Lipinski definition) is 5. The first-order valence-corrected chi connectivity index (χ1v) is 6.39. The second-order valence-electron chi connectivity index (χ2n) is 4.32. The second kappa shape index (κ2) is 4.57. The van der Waals surface area contributed by atoms with Crippen molar-refractivity contribution in [1.82, 2.24) is 15.1 Å². The van der Waals surface area contributed by atoms with Crippen LogP contribution in [0.25, 0.3) is 11.5 Å². The lowest BCUT2D eigenvalue weighted by atomic mass is 10.3. The Morgan fingerprint density at radius 1 is 1.50 bits per heavy atom. The van der Waals surface area contributed by atoms with Gasteiger partial charge in [0, 0.05) is 18.7 Å². The Morgan fingerprint density at radius 3 is 3.00 bits per heavy atom. The second-order valence-corrected chi connectivity index (χ2v) is 4.72. The average molecular weight is 265 g/mol. The number of nitrogens with zero attached hydrogens (tertiary/aromatic N) is 3. The van der Waals surface area contributed by atoms with E-state index in [1.807, 2.05) is 6.92 Å². The molecule has 2 aromatic heterocycles. The molecule has 0 aromatic carbocycles. The molecule has 1 aliphatic rings. The summed E-state index contributed by atoms with van der Waals surface area (Å²) < 4.78 is 5.23. The van der Waals surface area contributed by atoms with Gasteiger partial charge >= 0.3 is 0 Å². The molecule has 0 aliphatic heterocycles. The number of pyridine rings is 1. The molecule has 0 atom stereocenters. The van der Waals surface area contributed by atoms with Gasteiger partial charge in [0.25, 0.3) is 5.89 Å². The maximum Gasteiger partial charge on any atom is 0.259 e. The van der Waals surface area contributed by atoms with Crippen molar-refractivity contribution in [1.29, 1.82) is 0 Å². The van der Waals surface area contributed by atoms with Crippen LogP contribution in [0.5, 0.6) is 0 Å². The highest BCUT2D eigenvalue weighted by Crippen LogP contribution is 2.39. The van der Waals surface area contributed by atoms with Crippen molar-refractivity contribution in [2.45, 2.75) is 25.7 Å². The van der Waals surface area contributed by atoms with Gasteiger partial charge in [0.15, 0.2) is 5.82 Å². The third-order valence-electron chi connectivity index (χ3n) is 2.82. The van der Waals surface area contributed by atoms with Crippen LogP contribution in [-0.4, -0.2) is 21.7 Å². The Morgan fingerprint density at radius 2 is 2.33 bits per heavy atom. The van der Waals surface area contributed by atoms with Crippen molar-refractivity contribution >= 4 is 17.4 Å². The highest BCUT2D eigenvalue weighted by atomic mass is 35.5. The maximum atomic E-state index is 6.12. The first kappa shape index (κ1) is 11.5. The summed E-state index contributed by atoms with van der Waals surface area (Å²) in [5, 5.41) is 7.60. The smallest absolute Gasteiger partial charge is 0.259 e. The van der Waals surface area contributed by atoms with Crippen molar-refractivity contribution in [3.63, 3.8) is 0 Å². The zero-order chi connectivity index (χ0) is 12.5. The summed E-state index contributed by atoms with van der Waals surface area (Å²) in [6, 6.07) is 1.79. The summed E-state index contributed by atoms with van der Waals surface area (Å²) in [5.74, 6) is 2.42. The van der Waals surface area contributed by atoms with E-state index in [2.05, 4.69) is 20.4 Å². The molecule has 0 spiro atoms. The molecule has 0 saturated heterocycles. The van der Waals surface area contributed by atoms with Gasteiger partial charge in [-0.1, -0.05) is 16.8 Å². The molecule has 1 saturated carbocycles. The molecule has 5 nitrogen and oxygen atoms in total. The molecule has 0 unspecified atom stereocenters.